The Morgan fingerprint density at radius 1 is 1.43 bits per heavy atom. The minimum Gasteiger partial charge on any atom is -0.481 e. The summed E-state index contributed by atoms with van der Waals surface area (Å²) in [6.07, 6.45) is 8.02. The Hall–Kier alpha value is -1.85. The van der Waals surface area contributed by atoms with Gasteiger partial charge in [-0.15, -0.1) is 0 Å². The van der Waals surface area contributed by atoms with Crippen molar-refractivity contribution in [3.05, 3.63) is 18.7 Å². The zero-order valence-electron chi connectivity index (χ0n) is 13.0. The number of amides is 1. The molecule has 1 aromatic rings. The van der Waals surface area contributed by atoms with Gasteiger partial charge in [-0.3, -0.25) is 9.59 Å². The minimum absolute atomic E-state index is 0.0488. The highest BCUT2D eigenvalue weighted by molar-refractivity contribution is 5.77. The molecule has 6 heteroatoms. The van der Waals surface area contributed by atoms with Crippen molar-refractivity contribution in [3.63, 3.8) is 0 Å². The van der Waals surface area contributed by atoms with Crippen molar-refractivity contribution < 1.29 is 14.7 Å². The highest BCUT2D eigenvalue weighted by atomic mass is 16.4. The standard InChI is InChI=1S/C15H25N3O3/c1-4-5-12(18-9-8-16-11-18)10-13(19)17-15(2,3)7-6-14(20)21/h8-9,11-12H,4-7,10H2,1-3H3,(H,17,19)(H,20,21). The Kier molecular flexibility index (Phi) is 6.39. The van der Waals surface area contributed by atoms with Gasteiger partial charge in [0.25, 0.3) is 0 Å². The van der Waals surface area contributed by atoms with Crippen molar-refractivity contribution in [2.24, 2.45) is 0 Å². The molecule has 0 spiro atoms. The third kappa shape index (κ3) is 6.42. The van der Waals surface area contributed by atoms with Crippen LogP contribution in [0.15, 0.2) is 18.7 Å². The number of aliphatic carboxylic acids is 1. The largest absolute Gasteiger partial charge is 0.481 e. The van der Waals surface area contributed by atoms with Crippen LogP contribution in [0.4, 0.5) is 0 Å². The van der Waals surface area contributed by atoms with Gasteiger partial charge < -0.3 is 15.0 Å². The van der Waals surface area contributed by atoms with Crippen molar-refractivity contribution in [2.45, 2.75) is 64.5 Å². The molecule has 0 saturated heterocycles. The van der Waals surface area contributed by atoms with E-state index in [0.29, 0.717) is 12.8 Å². The lowest BCUT2D eigenvalue weighted by Gasteiger charge is -2.27. The van der Waals surface area contributed by atoms with E-state index >= 15 is 0 Å². The monoisotopic (exact) mass is 295 g/mol. The maximum atomic E-state index is 12.2. The van der Waals surface area contributed by atoms with Gasteiger partial charge in [-0.05, 0) is 26.7 Å². The number of aromatic nitrogens is 2. The van der Waals surface area contributed by atoms with Crippen LogP contribution in [0, 0.1) is 0 Å². The lowest BCUT2D eigenvalue weighted by Crippen LogP contribution is -2.44. The van der Waals surface area contributed by atoms with Gasteiger partial charge in [-0.2, -0.15) is 0 Å². The Bertz CT molecular complexity index is 455. The van der Waals surface area contributed by atoms with E-state index in [1.165, 1.54) is 0 Å². The van der Waals surface area contributed by atoms with Gasteiger partial charge in [-0.25, -0.2) is 4.98 Å². The summed E-state index contributed by atoms with van der Waals surface area (Å²) in [5, 5.41) is 11.7. The maximum absolute atomic E-state index is 12.2. The number of rotatable bonds is 9. The van der Waals surface area contributed by atoms with E-state index in [-0.39, 0.29) is 18.4 Å². The quantitative estimate of drug-likeness (QED) is 0.732. The molecule has 118 valence electrons. The molecular weight excluding hydrogens is 270 g/mol. The van der Waals surface area contributed by atoms with Gasteiger partial charge in [-0.1, -0.05) is 13.3 Å². The van der Waals surface area contributed by atoms with Crippen molar-refractivity contribution in [1.29, 1.82) is 0 Å². The predicted molar refractivity (Wildman–Crippen MR) is 79.9 cm³/mol. The summed E-state index contributed by atoms with van der Waals surface area (Å²) in [5.74, 6) is -0.905. The molecule has 0 aliphatic carbocycles. The second-order valence-electron chi connectivity index (χ2n) is 5.98. The SMILES string of the molecule is CCCC(CC(=O)NC(C)(C)CCC(=O)O)n1ccnc1. The van der Waals surface area contributed by atoms with E-state index in [0.717, 1.165) is 12.8 Å². The average Bonchev–Trinajstić information content (AvgIpc) is 2.89. The van der Waals surface area contributed by atoms with E-state index in [9.17, 15) is 9.59 Å². The average molecular weight is 295 g/mol. The summed E-state index contributed by atoms with van der Waals surface area (Å²) in [6.45, 7) is 5.78. The second kappa shape index (κ2) is 7.81. The van der Waals surface area contributed by atoms with E-state index < -0.39 is 11.5 Å². The van der Waals surface area contributed by atoms with E-state index in [2.05, 4.69) is 17.2 Å². The van der Waals surface area contributed by atoms with Crippen LogP contribution >= 0.6 is 0 Å². The molecule has 0 fully saturated rings. The summed E-state index contributed by atoms with van der Waals surface area (Å²) in [7, 11) is 0. The maximum Gasteiger partial charge on any atom is 0.303 e. The summed E-state index contributed by atoms with van der Waals surface area (Å²) in [6, 6.07) is 0.0905. The number of imidazole rings is 1. The Morgan fingerprint density at radius 2 is 2.14 bits per heavy atom. The zero-order chi connectivity index (χ0) is 15.9. The molecule has 0 radical (unpaired) electrons. The van der Waals surface area contributed by atoms with E-state index in [1.54, 1.807) is 12.5 Å². The Balaban J connectivity index is 2.55. The first-order valence-corrected chi connectivity index (χ1v) is 7.34. The fourth-order valence-corrected chi connectivity index (χ4v) is 2.30. The van der Waals surface area contributed by atoms with Crippen LogP contribution in [0.2, 0.25) is 0 Å². The van der Waals surface area contributed by atoms with Crippen LogP contribution in [0.25, 0.3) is 0 Å². The topological polar surface area (TPSA) is 84.2 Å². The van der Waals surface area contributed by atoms with Crippen LogP contribution in [0.3, 0.4) is 0 Å². The Labute approximate surface area is 125 Å². The highest BCUT2D eigenvalue weighted by Gasteiger charge is 2.23. The van der Waals surface area contributed by atoms with Crippen LogP contribution in [0.5, 0.6) is 0 Å². The molecule has 6 nitrogen and oxygen atoms in total. The van der Waals surface area contributed by atoms with Gasteiger partial charge in [0.2, 0.25) is 5.91 Å². The van der Waals surface area contributed by atoms with Crippen LogP contribution < -0.4 is 5.32 Å². The first kappa shape index (κ1) is 17.2. The smallest absolute Gasteiger partial charge is 0.303 e. The molecule has 1 rings (SSSR count). The van der Waals surface area contributed by atoms with Gasteiger partial charge >= 0.3 is 5.97 Å². The lowest BCUT2D eigenvalue weighted by atomic mass is 9.97. The first-order valence-electron chi connectivity index (χ1n) is 7.34. The molecule has 0 aliphatic heterocycles. The molecule has 1 aromatic heterocycles. The summed E-state index contributed by atoms with van der Waals surface area (Å²) in [4.78, 5) is 26.8. The second-order valence-corrected chi connectivity index (χ2v) is 5.98. The summed E-state index contributed by atoms with van der Waals surface area (Å²) in [5.41, 5.74) is -0.513. The number of carbonyl (C=O) groups excluding carboxylic acids is 1. The van der Waals surface area contributed by atoms with Crippen LogP contribution in [0.1, 0.15) is 58.9 Å². The molecule has 1 atom stereocenters. The van der Waals surface area contributed by atoms with Gasteiger partial charge in [0, 0.05) is 36.8 Å². The Morgan fingerprint density at radius 3 is 2.67 bits per heavy atom. The van der Waals surface area contributed by atoms with E-state index in [4.69, 9.17) is 5.11 Å². The molecule has 21 heavy (non-hydrogen) atoms. The number of hydrogen-bond acceptors (Lipinski definition) is 3. The fraction of sp³-hybridized carbons (Fsp3) is 0.667. The number of carbonyl (C=O) groups is 2. The van der Waals surface area contributed by atoms with Gasteiger partial charge in [0.15, 0.2) is 0 Å². The minimum atomic E-state index is -0.848. The summed E-state index contributed by atoms with van der Waals surface area (Å²) >= 11 is 0. The molecule has 2 N–H and O–H groups in total. The van der Waals surface area contributed by atoms with Crippen molar-refractivity contribution in [1.82, 2.24) is 14.9 Å². The third-order valence-corrected chi connectivity index (χ3v) is 3.43. The molecule has 1 heterocycles. The fourth-order valence-electron chi connectivity index (χ4n) is 2.30. The van der Waals surface area contributed by atoms with Crippen molar-refractivity contribution >= 4 is 11.9 Å². The van der Waals surface area contributed by atoms with Gasteiger partial charge in [0.05, 0.1) is 6.33 Å². The molecule has 0 bridgehead atoms. The number of carboxylic acid groups (broad SMARTS) is 1. The van der Waals surface area contributed by atoms with Crippen molar-refractivity contribution in [3.8, 4) is 0 Å². The van der Waals surface area contributed by atoms with Crippen LogP contribution in [-0.2, 0) is 9.59 Å². The first-order chi connectivity index (χ1) is 9.84. The predicted octanol–water partition coefficient (Wildman–Crippen LogP) is 2.37. The molecule has 1 unspecified atom stereocenters. The van der Waals surface area contributed by atoms with Crippen molar-refractivity contribution in [2.75, 3.05) is 0 Å². The summed E-state index contributed by atoms with van der Waals surface area (Å²) < 4.78 is 1.95. The molecule has 0 aromatic carbocycles. The normalized spacial score (nSPS) is 12.9. The lowest BCUT2D eigenvalue weighted by molar-refractivity contribution is -0.137. The van der Waals surface area contributed by atoms with E-state index in [1.807, 2.05) is 24.6 Å². The highest BCUT2D eigenvalue weighted by Crippen LogP contribution is 2.19. The number of carboxylic acids is 1. The molecule has 0 saturated carbocycles. The number of hydrogen-bond donors (Lipinski definition) is 2. The zero-order valence-corrected chi connectivity index (χ0v) is 13.0. The van der Waals surface area contributed by atoms with Crippen LogP contribution in [-0.4, -0.2) is 32.1 Å². The number of nitrogens with one attached hydrogen (secondary N) is 1. The molecular formula is C15H25N3O3. The molecule has 0 aliphatic rings. The number of nitrogens with zero attached hydrogens (tertiary/aromatic N) is 2. The third-order valence-electron chi connectivity index (χ3n) is 3.43. The van der Waals surface area contributed by atoms with Gasteiger partial charge in [0.1, 0.15) is 0 Å². The molecule has 1 amide bonds.